The second kappa shape index (κ2) is 5.67. The minimum atomic E-state index is 0.180. The fourth-order valence-corrected chi connectivity index (χ4v) is 2.44. The van der Waals surface area contributed by atoms with Gasteiger partial charge in [-0.1, -0.05) is 25.3 Å². The lowest BCUT2D eigenvalue weighted by Gasteiger charge is -2.18. The Morgan fingerprint density at radius 1 is 1.27 bits per heavy atom. The molecule has 1 nitrogen and oxygen atoms in total. The molecule has 1 saturated carbocycles. The van der Waals surface area contributed by atoms with Crippen molar-refractivity contribution in [3.63, 3.8) is 0 Å². The quantitative estimate of drug-likeness (QED) is 0.706. The molecule has 0 saturated heterocycles. The zero-order chi connectivity index (χ0) is 7.94. The summed E-state index contributed by atoms with van der Waals surface area (Å²) in [6.45, 7) is 0.180. The first-order valence-electron chi connectivity index (χ1n) is 4.35. The first kappa shape index (κ1) is 9.14. The van der Waals surface area contributed by atoms with Gasteiger partial charge < -0.3 is 5.11 Å². The predicted octanol–water partition coefficient (Wildman–Crippen LogP) is 2.56. The standard InChI is InChI=1S/C9H16OS/c10-7-4-8-11-9-5-2-1-3-6-9/h4,8-10H,1-3,5-7H2/b8-4+. The Labute approximate surface area is 72.9 Å². The van der Waals surface area contributed by atoms with Gasteiger partial charge >= 0.3 is 0 Å². The van der Waals surface area contributed by atoms with Gasteiger partial charge in [0.05, 0.1) is 6.61 Å². The van der Waals surface area contributed by atoms with Crippen LogP contribution in [0.25, 0.3) is 0 Å². The van der Waals surface area contributed by atoms with Crippen LogP contribution >= 0.6 is 11.8 Å². The van der Waals surface area contributed by atoms with Crippen molar-refractivity contribution in [2.75, 3.05) is 6.61 Å². The molecule has 0 aromatic rings. The molecule has 64 valence electrons. The molecule has 0 bridgehead atoms. The summed E-state index contributed by atoms with van der Waals surface area (Å²) in [6.07, 6.45) is 8.75. The van der Waals surface area contributed by atoms with Gasteiger partial charge in [0.2, 0.25) is 0 Å². The van der Waals surface area contributed by atoms with Gasteiger partial charge in [-0.2, -0.15) is 0 Å². The van der Waals surface area contributed by atoms with E-state index in [2.05, 4.69) is 0 Å². The molecule has 0 aromatic carbocycles. The van der Waals surface area contributed by atoms with Crippen LogP contribution in [0.2, 0.25) is 0 Å². The molecule has 0 aliphatic heterocycles. The van der Waals surface area contributed by atoms with Crippen molar-refractivity contribution in [3.8, 4) is 0 Å². The van der Waals surface area contributed by atoms with Gasteiger partial charge in [-0.05, 0) is 18.2 Å². The molecule has 0 spiro atoms. The van der Waals surface area contributed by atoms with Crippen molar-refractivity contribution >= 4 is 11.8 Å². The van der Waals surface area contributed by atoms with Crippen LogP contribution < -0.4 is 0 Å². The third-order valence-electron chi connectivity index (χ3n) is 2.02. The Bertz CT molecular complexity index is 117. The molecule has 1 aliphatic rings. The summed E-state index contributed by atoms with van der Waals surface area (Å²) in [5, 5.41) is 11.4. The van der Waals surface area contributed by atoms with Crippen LogP contribution in [0.15, 0.2) is 11.5 Å². The molecule has 0 heterocycles. The number of hydrogen-bond donors (Lipinski definition) is 1. The zero-order valence-corrected chi connectivity index (χ0v) is 7.65. The summed E-state index contributed by atoms with van der Waals surface area (Å²) in [7, 11) is 0. The number of aliphatic hydroxyl groups excluding tert-OH is 1. The average molecular weight is 172 g/mol. The summed E-state index contributed by atoms with van der Waals surface area (Å²) in [4.78, 5) is 0. The number of aliphatic hydroxyl groups is 1. The molecule has 1 rings (SSSR count). The van der Waals surface area contributed by atoms with Gasteiger partial charge in [0.15, 0.2) is 0 Å². The Morgan fingerprint density at radius 2 is 2.00 bits per heavy atom. The van der Waals surface area contributed by atoms with E-state index in [1.54, 1.807) is 0 Å². The highest BCUT2D eigenvalue weighted by atomic mass is 32.2. The maximum atomic E-state index is 8.50. The van der Waals surface area contributed by atoms with E-state index in [0.717, 1.165) is 5.25 Å². The number of hydrogen-bond acceptors (Lipinski definition) is 2. The maximum absolute atomic E-state index is 8.50. The van der Waals surface area contributed by atoms with E-state index >= 15 is 0 Å². The summed E-state index contributed by atoms with van der Waals surface area (Å²) >= 11 is 1.88. The lowest BCUT2D eigenvalue weighted by atomic mass is 10.0. The van der Waals surface area contributed by atoms with Crippen LogP contribution in [0.5, 0.6) is 0 Å². The monoisotopic (exact) mass is 172 g/mol. The molecule has 2 heteroatoms. The lowest BCUT2D eigenvalue weighted by Crippen LogP contribution is -2.06. The summed E-state index contributed by atoms with van der Waals surface area (Å²) < 4.78 is 0. The predicted molar refractivity (Wildman–Crippen MR) is 50.7 cm³/mol. The maximum Gasteiger partial charge on any atom is 0.0620 e. The molecule has 1 aliphatic carbocycles. The van der Waals surface area contributed by atoms with Crippen LogP contribution in [0.1, 0.15) is 32.1 Å². The van der Waals surface area contributed by atoms with Crippen LogP contribution in [-0.4, -0.2) is 17.0 Å². The molecule has 0 unspecified atom stereocenters. The summed E-state index contributed by atoms with van der Waals surface area (Å²) in [5.41, 5.74) is 0. The molecule has 0 amide bonds. The highest BCUT2D eigenvalue weighted by molar-refractivity contribution is 8.02. The highest BCUT2D eigenvalue weighted by Gasteiger charge is 2.11. The van der Waals surface area contributed by atoms with Gasteiger partial charge in [-0.15, -0.1) is 11.8 Å². The Morgan fingerprint density at radius 3 is 2.64 bits per heavy atom. The highest BCUT2D eigenvalue weighted by Crippen LogP contribution is 2.28. The van der Waals surface area contributed by atoms with E-state index in [1.807, 2.05) is 23.2 Å². The number of thioether (sulfide) groups is 1. The van der Waals surface area contributed by atoms with Crippen LogP contribution in [-0.2, 0) is 0 Å². The van der Waals surface area contributed by atoms with Gasteiger partial charge in [0.25, 0.3) is 0 Å². The number of rotatable bonds is 3. The van der Waals surface area contributed by atoms with E-state index in [-0.39, 0.29) is 6.61 Å². The first-order valence-corrected chi connectivity index (χ1v) is 5.29. The molecule has 1 fully saturated rings. The lowest BCUT2D eigenvalue weighted by molar-refractivity contribution is 0.343. The smallest absolute Gasteiger partial charge is 0.0620 e. The second-order valence-electron chi connectivity index (χ2n) is 2.95. The van der Waals surface area contributed by atoms with Gasteiger partial charge in [0, 0.05) is 5.25 Å². The minimum absolute atomic E-state index is 0.180. The van der Waals surface area contributed by atoms with E-state index in [9.17, 15) is 0 Å². The largest absolute Gasteiger partial charge is 0.392 e. The van der Waals surface area contributed by atoms with Crippen molar-refractivity contribution < 1.29 is 5.11 Å². The SMILES string of the molecule is OC/C=C/SC1CCCCC1. The van der Waals surface area contributed by atoms with Crippen molar-refractivity contribution in [2.45, 2.75) is 37.4 Å². The summed E-state index contributed by atoms with van der Waals surface area (Å²) in [5.74, 6) is 0. The molecule has 0 atom stereocenters. The normalized spacial score (nSPS) is 21.2. The van der Waals surface area contributed by atoms with Crippen molar-refractivity contribution in [1.29, 1.82) is 0 Å². The van der Waals surface area contributed by atoms with E-state index in [4.69, 9.17) is 5.11 Å². The van der Waals surface area contributed by atoms with Crippen molar-refractivity contribution in [2.24, 2.45) is 0 Å². The van der Waals surface area contributed by atoms with Crippen molar-refractivity contribution in [1.82, 2.24) is 0 Å². The minimum Gasteiger partial charge on any atom is -0.392 e. The molecular weight excluding hydrogens is 156 g/mol. The molecule has 1 N–H and O–H groups in total. The Kier molecular flexibility index (Phi) is 4.71. The van der Waals surface area contributed by atoms with Crippen LogP contribution in [0.3, 0.4) is 0 Å². The van der Waals surface area contributed by atoms with Gasteiger partial charge in [-0.25, -0.2) is 0 Å². The van der Waals surface area contributed by atoms with Gasteiger partial charge in [-0.3, -0.25) is 0 Å². The van der Waals surface area contributed by atoms with Gasteiger partial charge in [0.1, 0.15) is 0 Å². The van der Waals surface area contributed by atoms with E-state index in [1.165, 1.54) is 32.1 Å². The van der Waals surface area contributed by atoms with Crippen LogP contribution in [0, 0.1) is 0 Å². The Balaban J connectivity index is 2.09. The summed E-state index contributed by atoms with van der Waals surface area (Å²) in [6, 6.07) is 0. The topological polar surface area (TPSA) is 20.2 Å². The Hall–Kier alpha value is 0.0500. The van der Waals surface area contributed by atoms with E-state index in [0.29, 0.717) is 0 Å². The zero-order valence-electron chi connectivity index (χ0n) is 6.83. The fourth-order valence-electron chi connectivity index (χ4n) is 1.41. The molecular formula is C9H16OS. The van der Waals surface area contributed by atoms with Crippen LogP contribution in [0.4, 0.5) is 0 Å². The molecule has 0 radical (unpaired) electrons. The van der Waals surface area contributed by atoms with E-state index < -0.39 is 0 Å². The molecule has 11 heavy (non-hydrogen) atoms. The molecule has 0 aromatic heterocycles. The fraction of sp³-hybridized carbons (Fsp3) is 0.778. The second-order valence-corrected chi connectivity index (χ2v) is 4.16. The first-order chi connectivity index (χ1) is 5.43. The third-order valence-corrected chi connectivity index (χ3v) is 3.23. The average Bonchev–Trinajstić information content (AvgIpc) is 2.07. The third kappa shape index (κ3) is 3.82. The van der Waals surface area contributed by atoms with Crippen molar-refractivity contribution in [3.05, 3.63) is 11.5 Å².